The molecule has 9 nitrogen and oxygen atoms in total. The molecule has 4 aliphatic rings. The molecule has 192 valence electrons. The molecule has 1 aromatic heterocycles. The number of hydrogen-bond donors (Lipinski definition) is 2. The maximum Gasteiger partial charge on any atom is 0.277 e. The van der Waals surface area contributed by atoms with Gasteiger partial charge in [0.15, 0.2) is 5.66 Å². The summed E-state index contributed by atoms with van der Waals surface area (Å²) in [7, 11) is 0. The highest BCUT2D eigenvalue weighted by Gasteiger charge is 2.60. The Kier molecular flexibility index (Phi) is 6.64. The molecule has 2 N–H and O–H groups in total. The summed E-state index contributed by atoms with van der Waals surface area (Å²) in [6.07, 6.45) is 6.03. The number of piperidine rings is 2. The van der Waals surface area contributed by atoms with E-state index in [1.807, 2.05) is 6.20 Å². The minimum absolute atomic E-state index is 0.0239. The van der Waals surface area contributed by atoms with E-state index in [9.17, 15) is 9.59 Å². The first kappa shape index (κ1) is 23.8. The number of rotatable bonds is 4. The molecule has 2 atom stereocenters. The van der Waals surface area contributed by atoms with Crippen LogP contribution in [0.15, 0.2) is 36.5 Å². The molecule has 4 aliphatic heterocycles. The Bertz CT molecular complexity index is 1090. The number of carbonyl (C=O) groups excluding carboxylic acids is 2. The Hall–Kier alpha value is -2.59. The number of nitrogens with one attached hydrogen (secondary N) is 2. The van der Waals surface area contributed by atoms with Crippen molar-refractivity contribution >= 4 is 22.6 Å². The van der Waals surface area contributed by atoms with Crippen LogP contribution in [0.1, 0.15) is 37.3 Å². The molecule has 2 aromatic rings. The van der Waals surface area contributed by atoms with Crippen LogP contribution in [0.4, 0.5) is 0 Å². The van der Waals surface area contributed by atoms with Gasteiger partial charge in [0.05, 0.1) is 18.8 Å². The summed E-state index contributed by atoms with van der Waals surface area (Å²) in [5, 5.41) is 12.4. The molecule has 9 heteroatoms. The highest BCUT2D eigenvalue weighted by molar-refractivity contribution is 5.93. The minimum Gasteiger partial charge on any atom is -0.314 e. The Morgan fingerprint density at radius 1 is 0.806 bits per heavy atom. The molecule has 0 bridgehead atoms. The highest BCUT2D eigenvalue weighted by Crippen LogP contribution is 2.46. The molecule has 2 amide bonds. The SMILES string of the molecule is O=C1CNCCN1N1CCC(c2nccc3ccccc23)C(N2CCCCC2)(N2CCNCC2)C1=O. The average Bonchev–Trinajstić information content (AvgIpc) is 2.94. The van der Waals surface area contributed by atoms with E-state index >= 15 is 0 Å². The smallest absolute Gasteiger partial charge is 0.277 e. The third-order valence-electron chi connectivity index (χ3n) is 8.49. The third-order valence-corrected chi connectivity index (χ3v) is 8.49. The van der Waals surface area contributed by atoms with Crippen LogP contribution >= 0.6 is 0 Å². The average molecular weight is 492 g/mol. The van der Waals surface area contributed by atoms with Crippen LogP contribution in [-0.4, -0.2) is 108 Å². The van der Waals surface area contributed by atoms with Crippen molar-refractivity contribution in [2.75, 3.05) is 65.4 Å². The number of piperazine rings is 2. The van der Waals surface area contributed by atoms with E-state index < -0.39 is 5.66 Å². The van der Waals surface area contributed by atoms with Gasteiger partial charge in [0.2, 0.25) is 0 Å². The predicted octanol–water partition coefficient (Wildman–Crippen LogP) is 0.985. The summed E-state index contributed by atoms with van der Waals surface area (Å²) < 4.78 is 0. The maximum absolute atomic E-state index is 15.0. The van der Waals surface area contributed by atoms with E-state index in [4.69, 9.17) is 4.98 Å². The zero-order valence-electron chi connectivity index (χ0n) is 21.0. The molecule has 0 radical (unpaired) electrons. The number of hydrogen-bond acceptors (Lipinski definition) is 7. The lowest BCUT2D eigenvalue weighted by Gasteiger charge is -2.59. The first-order valence-corrected chi connectivity index (χ1v) is 13.6. The second-order valence-corrected chi connectivity index (χ2v) is 10.4. The van der Waals surface area contributed by atoms with Crippen molar-refractivity contribution in [3.63, 3.8) is 0 Å². The van der Waals surface area contributed by atoms with Gasteiger partial charge in [-0.15, -0.1) is 0 Å². The monoisotopic (exact) mass is 491 g/mol. The Balaban J connectivity index is 1.52. The summed E-state index contributed by atoms with van der Waals surface area (Å²) in [5.41, 5.74) is 0.153. The van der Waals surface area contributed by atoms with Gasteiger partial charge < -0.3 is 10.6 Å². The Morgan fingerprint density at radius 3 is 2.36 bits per heavy atom. The van der Waals surface area contributed by atoms with Gasteiger partial charge in [-0.1, -0.05) is 30.7 Å². The molecule has 4 fully saturated rings. The van der Waals surface area contributed by atoms with Crippen LogP contribution in [0, 0.1) is 0 Å². The van der Waals surface area contributed by atoms with Crippen LogP contribution in [0.3, 0.4) is 0 Å². The standard InChI is InChI=1S/C27H37N7O2/c35-24-20-29-13-19-33(24)34-16-9-23(25-22-7-3-2-6-21(22)8-10-30-25)27(26(34)36,31-14-4-1-5-15-31)32-17-11-28-12-18-32/h2-3,6-8,10,23,28-29H,1,4-5,9,11-20H2. The van der Waals surface area contributed by atoms with Crippen LogP contribution in [0.2, 0.25) is 0 Å². The number of hydrazine groups is 1. The lowest BCUT2D eigenvalue weighted by Crippen LogP contribution is -2.78. The number of carbonyl (C=O) groups is 2. The molecule has 0 saturated carbocycles. The number of fused-ring (bicyclic) bond motifs is 1. The molecule has 0 aliphatic carbocycles. The normalized spacial score (nSPS) is 29.2. The second-order valence-electron chi connectivity index (χ2n) is 10.4. The molecular weight excluding hydrogens is 454 g/mol. The van der Waals surface area contributed by atoms with Crippen molar-refractivity contribution in [1.82, 2.24) is 35.4 Å². The number of aromatic nitrogens is 1. The second kappa shape index (κ2) is 10.0. The van der Waals surface area contributed by atoms with E-state index in [2.05, 4.69) is 50.8 Å². The number of nitrogens with zero attached hydrogens (tertiary/aromatic N) is 5. The largest absolute Gasteiger partial charge is 0.314 e. The summed E-state index contributed by atoms with van der Waals surface area (Å²) in [6.45, 7) is 7.12. The summed E-state index contributed by atoms with van der Waals surface area (Å²) >= 11 is 0. The van der Waals surface area contributed by atoms with Crippen LogP contribution in [0.25, 0.3) is 10.8 Å². The van der Waals surface area contributed by atoms with Crippen molar-refractivity contribution in [3.8, 4) is 0 Å². The Labute approximate surface area is 212 Å². The third kappa shape index (κ3) is 3.89. The van der Waals surface area contributed by atoms with Crippen LogP contribution < -0.4 is 10.6 Å². The molecule has 4 saturated heterocycles. The van der Waals surface area contributed by atoms with Crippen molar-refractivity contribution in [1.29, 1.82) is 0 Å². The van der Waals surface area contributed by atoms with Crippen molar-refractivity contribution < 1.29 is 9.59 Å². The molecule has 0 spiro atoms. The van der Waals surface area contributed by atoms with E-state index in [1.54, 1.807) is 10.0 Å². The van der Waals surface area contributed by atoms with Gasteiger partial charge in [-0.3, -0.25) is 24.4 Å². The van der Waals surface area contributed by atoms with Gasteiger partial charge >= 0.3 is 0 Å². The lowest BCUT2D eigenvalue weighted by molar-refractivity contribution is -0.200. The fourth-order valence-corrected chi connectivity index (χ4v) is 6.88. The Morgan fingerprint density at radius 2 is 1.56 bits per heavy atom. The maximum atomic E-state index is 15.0. The number of pyridine rings is 1. The summed E-state index contributed by atoms with van der Waals surface area (Å²) in [4.78, 5) is 37.8. The number of amides is 2. The zero-order chi connectivity index (χ0) is 24.5. The fourth-order valence-electron chi connectivity index (χ4n) is 6.88. The highest BCUT2D eigenvalue weighted by atomic mass is 16.2. The molecule has 6 rings (SSSR count). The predicted molar refractivity (Wildman–Crippen MR) is 138 cm³/mol. The molecule has 1 aromatic carbocycles. The lowest BCUT2D eigenvalue weighted by atomic mass is 9.77. The summed E-state index contributed by atoms with van der Waals surface area (Å²) in [6, 6.07) is 10.5. The first-order valence-electron chi connectivity index (χ1n) is 13.6. The number of benzene rings is 1. The molecule has 5 heterocycles. The van der Waals surface area contributed by atoms with Crippen molar-refractivity contribution in [2.45, 2.75) is 37.3 Å². The van der Waals surface area contributed by atoms with Crippen LogP contribution in [-0.2, 0) is 9.59 Å². The van der Waals surface area contributed by atoms with Gasteiger partial charge in [-0.25, -0.2) is 10.0 Å². The van der Waals surface area contributed by atoms with Gasteiger partial charge in [-0.05, 0) is 30.7 Å². The summed E-state index contributed by atoms with van der Waals surface area (Å²) in [5.74, 6) is -0.0571. The zero-order valence-corrected chi connectivity index (χ0v) is 21.0. The molecular formula is C27H37N7O2. The van der Waals surface area contributed by atoms with Gasteiger partial charge in [-0.2, -0.15) is 0 Å². The molecule has 36 heavy (non-hydrogen) atoms. The fraction of sp³-hybridized carbons (Fsp3) is 0.593. The van der Waals surface area contributed by atoms with E-state index in [0.717, 1.165) is 75.0 Å². The van der Waals surface area contributed by atoms with Crippen molar-refractivity contribution in [2.24, 2.45) is 0 Å². The first-order chi connectivity index (χ1) is 17.7. The van der Waals surface area contributed by atoms with Gasteiger partial charge in [0.25, 0.3) is 11.8 Å². The molecule has 2 unspecified atom stereocenters. The van der Waals surface area contributed by atoms with Crippen LogP contribution in [0.5, 0.6) is 0 Å². The van der Waals surface area contributed by atoms with E-state index in [1.165, 1.54) is 6.42 Å². The quantitative estimate of drug-likeness (QED) is 0.660. The van der Waals surface area contributed by atoms with Gasteiger partial charge in [0.1, 0.15) is 0 Å². The van der Waals surface area contributed by atoms with Gasteiger partial charge in [0, 0.05) is 69.9 Å². The van der Waals surface area contributed by atoms with Crippen molar-refractivity contribution in [3.05, 3.63) is 42.2 Å². The van der Waals surface area contributed by atoms with E-state index in [0.29, 0.717) is 19.6 Å². The number of likely N-dealkylation sites (tertiary alicyclic amines) is 1. The van der Waals surface area contributed by atoms with E-state index in [-0.39, 0.29) is 24.3 Å². The minimum atomic E-state index is -0.858. The topological polar surface area (TPSA) is 84.1 Å².